The van der Waals surface area contributed by atoms with Gasteiger partial charge in [-0.05, 0) is 42.7 Å². The lowest BCUT2D eigenvalue weighted by Crippen LogP contribution is -2.42. The summed E-state index contributed by atoms with van der Waals surface area (Å²) >= 11 is 1.42. The molecule has 1 aliphatic carbocycles. The van der Waals surface area contributed by atoms with Crippen LogP contribution >= 0.6 is 11.8 Å². The number of fused-ring (bicyclic) bond motifs is 3. The summed E-state index contributed by atoms with van der Waals surface area (Å²) in [5, 5.41) is 8.05. The number of carbonyl (C=O) groups excluding carboxylic acids is 1. The first-order valence-corrected chi connectivity index (χ1v) is 11.7. The SMILES string of the molecule is O=C(CSc1n[nH]c2nc3ccccc3n12)N(Cc1ccc(F)cc1)C1CCCCC1. The monoisotopic (exact) mass is 437 g/mol. The second kappa shape index (κ2) is 8.70. The molecule has 31 heavy (non-hydrogen) atoms. The van der Waals surface area contributed by atoms with Gasteiger partial charge in [-0.15, -0.1) is 5.10 Å². The third-order valence-corrected chi connectivity index (χ3v) is 6.85. The van der Waals surface area contributed by atoms with Crippen molar-refractivity contribution in [3.05, 3.63) is 59.9 Å². The molecule has 0 saturated heterocycles. The summed E-state index contributed by atoms with van der Waals surface area (Å²) in [4.78, 5) is 19.8. The third-order valence-electron chi connectivity index (χ3n) is 5.93. The first-order valence-electron chi connectivity index (χ1n) is 10.7. The van der Waals surface area contributed by atoms with E-state index in [2.05, 4.69) is 15.2 Å². The molecule has 1 N–H and O–H groups in total. The molecular formula is C23H24FN5OS. The Morgan fingerprint density at radius 2 is 1.90 bits per heavy atom. The van der Waals surface area contributed by atoms with Gasteiger partial charge in [-0.2, -0.15) is 0 Å². The maximum Gasteiger partial charge on any atom is 0.233 e. The molecule has 2 heterocycles. The minimum absolute atomic E-state index is 0.0850. The molecule has 1 aliphatic rings. The van der Waals surface area contributed by atoms with E-state index >= 15 is 0 Å². The van der Waals surface area contributed by atoms with Crippen molar-refractivity contribution in [2.45, 2.75) is 49.8 Å². The number of para-hydroxylation sites is 2. The van der Waals surface area contributed by atoms with Crippen LogP contribution in [0, 0.1) is 5.82 Å². The van der Waals surface area contributed by atoms with Gasteiger partial charge in [-0.25, -0.2) is 14.5 Å². The molecule has 0 spiro atoms. The number of carbonyl (C=O) groups is 1. The van der Waals surface area contributed by atoms with Gasteiger partial charge in [0.2, 0.25) is 11.7 Å². The van der Waals surface area contributed by atoms with Crippen LogP contribution in [0.25, 0.3) is 16.8 Å². The molecule has 2 aromatic heterocycles. The fourth-order valence-electron chi connectivity index (χ4n) is 4.35. The normalized spacial score (nSPS) is 15.0. The first-order chi connectivity index (χ1) is 15.2. The van der Waals surface area contributed by atoms with E-state index in [0.29, 0.717) is 18.1 Å². The largest absolute Gasteiger partial charge is 0.335 e. The van der Waals surface area contributed by atoms with Crippen molar-refractivity contribution in [1.82, 2.24) is 24.5 Å². The number of H-pyrrole nitrogens is 1. The van der Waals surface area contributed by atoms with Gasteiger partial charge in [0.05, 0.1) is 16.8 Å². The Bertz CT molecular complexity index is 1200. The summed E-state index contributed by atoms with van der Waals surface area (Å²) in [6, 6.07) is 14.6. The minimum atomic E-state index is -0.259. The molecule has 1 saturated carbocycles. The van der Waals surface area contributed by atoms with Crippen molar-refractivity contribution in [1.29, 1.82) is 0 Å². The average Bonchev–Trinajstić information content (AvgIpc) is 3.37. The number of nitrogens with zero attached hydrogens (tertiary/aromatic N) is 4. The molecule has 0 aliphatic heterocycles. The third kappa shape index (κ3) is 4.17. The van der Waals surface area contributed by atoms with E-state index in [0.717, 1.165) is 47.4 Å². The van der Waals surface area contributed by atoms with Crippen molar-refractivity contribution in [2.75, 3.05) is 5.75 Å². The van der Waals surface area contributed by atoms with E-state index in [4.69, 9.17) is 0 Å². The van der Waals surface area contributed by atoms with Gasteiger partial charge >= 0.3 is 0 Å². The van der Waals surface area contributed by atoms with Gasteiger partial charge < -0.3 is 4.90 Å². The fraction of sp³-hybridized carbons (Fsp3) is 0.348. The van der Waals surface area contributed by atoms with Crippen LogP contribution in [-0.4, -0.2) is 42.2 Å². The predicted molar refractivity (Wildman–Crippen MR) is 119 cm³/mol. The topological polar surface area (TPSA) is 66.3 Å². The molecule has 160 valence electrons. The van der Waals surface area contributed by atoms with Crippen molar-refractivity contribution < 1.29 is 9.18 Å². The Morgan fingerprint density at radius 3 is 2.71 bits per heavy atom. The highest BCUT2D eigenvalue weighted by atomic mass is 32.2. The van der Waals surface area contributed by atoms with Crippen molar-refractivity contribution in [3.63, 3.8) is 0 Å². The fourth-order valence-corrected chi connectivity index (χ4v) is 5.19. The maximum atomic E-state index is 13.3. The Labute approximate surface area is 183 Å². The average molecular weight is 438 g/mol. The Kier molecular flexibility index (Phi) is 5.63. The van der Waals surface area contributed by atoms with E-state index in [1.807, 2.05) is 33.6 Å². The molecule has 0 bridgehead atoms. The second-order valence-electron chi connectivity index (χ2n) is 7.99. The van der Waals surface area contributed by atoms with E-state index in [9.17, 15) is 9.18 Å². The number of aromatic nitrogens is 4. The molecule has 6 nitrogen and oxygen atoms in total. The number of amides is 1. The van der Waals surface area contributed by atoms with E-state index in [1.165, 1.54) is 30.3 Å². The number of nitrogens with one attached hydrogen (secondary N) is 1. The molecule has 0 unspecified atom stereocenters. The summed E-state index contributed by atoms with van der Waals surface area (Å²) in [5.41, 5.74) is 2.81. The van der Waals surface area contributed by atoms with Crippen LogP contribution in [-0.2, 0) is 11.3 Å². The van der Waals surface area contributed by atoms with Gasteiger partial charge in [0, 0.05) is 12.6 Å². The van der Waals surface area contributed by atoms with Gasteiger partial charge in [0.1, 0.15) is 5.82 Å². The number of imidazole rings is 1. The highest BCUT2D eigenvalue weighted by Gasteiger charge is 2.26. The lowest BCUT2D eigenvalue weighted by atomic mass is 9.94. The number of halogens is 1. The van der Waals surface area contributed by atoms with Crippen LogP contribution < -0.4 is 0 Å². The van der Waals surface area contributed by atoms with Crippen LogP contribution in [0.4, 0.5) is 4.39 Å². The van der Waals surface area contributed by atoms with Crippen LogP contribution in [0.15, 0.2) is 53.7 Å². The quantitative estimate of drug-likeness (QED) is 0.440. The van der Waals surface area contributed by atoms with Gasteiger partial charge in [0.25, 0.3) is 0 Å². The van der Waals surface area contributed by atoms with Crippen molar-refractivity contribution in [3.8, 4) is 0 Å². The Hall–Kier alpha value is -2.87. The van der Waals surface area contributed by atoms with Gasteiger partial charge in [-0.3, -0.25) is 9.20 Å². The number of rotatable bonds is 6. The summed E-state index contributed by atoms with van der Waals surface area (Å²) in [7, 11) is 0. The lowest BCUT2D eigenvalue weighted by Gasteiger charge is -2.34. The highest BCUT2D eigenvalue weighted by molar-refractivity contribution is 7.99. The molecule has 8 heteroatoms. The van der Waals surface area contributed by atoms with Crippen LogP contribution in [0.2, 0.25) is 0 Å². The molecule has 0 atom stereocenters. The summed E-state index contributed by atoms with van der Waals surface area (Å²) in [6.07, 6.45) is 5.56. The van der Waals surface area contributed by atoms with Crippen LogP contribution in [0.3, 0.4) is 0 Å². The zero-order chi connectivity index (χ0) is 21.2. The van der Waals surface area contributed by atoms with E-state index in [-0.39, 0.29) is 17.8 Å². The molecule has 2 aromatic carbocycles. The summed E-state index contributed by atoms with van der Waals surface area (Å²) < 4.78 is 15.3. The van der Waals surface area contributed by atoms with Crippen LogP contribution in [0.1, 0.15) is 37.7 Å². The standard InChI is InChI=1S/C23H24FN5OS/c24-17-12-10-16(11-13-17)14-28(18-6-2-1-3-7-18)21(30)15-31-23-27-26-22-25-19-8-4-5-9-20(19)29(22)23/h4-5,8-13,18H,1-3,6-7,14-15H2,(H,25,26). The molecule has 4 aromatic rings. The Balaban J connectivity index is 1.35. The van der Waals surface area contributed by atoms with Crippen molar-refractivity contribution in [2.24, 2.45) is 0 Å². The second-order valence-corrected chi connectivity index (χ2v) is 8.94. The van der Waals surface area contributed by atoms with Crippen LogP contribution in [0.5, 0.6) is 0 Å². The molecular weight excluding hydrogens is 413 g/mol. The molecule has 1 amide bonds. The molecule has 5 rings (SSSR count). The molecule has 1 fully saturated rings. The highest BCUT2D eigenvalue weighted by Crippen LogP contribution is 2.27. The zero-order valence-electron chi connectivity index (χ0n) is 17.1. The predicted octanol–water partition coefficient (Wildman–Crippen LogP) is 4.80. The molecule has 0 radical (unpaired) electrons. The first kappa shape index (κ1) is 20.1. The smallest absolute Gasteiger partial charge is 0.233 e. The summed E-state index contributed by atoms with van der Waals surface area (Å²) in [5.74, 6) is 0.794. The van der Waals surface area contributed by atoms with E-state index < -0.39 is 0 Å². The number of aromatic amines is 1. The van der Waals surface area contributed by atoms with Gasteiger partial charge in [-0.1, -0.05) is 55.3 Å². The Morgan fingerprint density at radius 1 is 1.13 bits per heavy atom. The zero-order valence-corrected chi connectivity index (χ0v) is 17.9. The number of hydrogen-bond acceptors (Lipinski definition) is 4. The summed E-state index contributed by atoms with van der Waals surface area (Å²) in [6.45, 7) is 0.508. The minimum Gasteiger partial charge on any atom is -0.335 e. The number of thioether (sulfide) groups is 1. The van der Waals surface area contributed by atoms with E-state index in [1.54, 1.807) is 12.1 Å². The number of benzene rings is 2. The number of hydrogen-bond donors (Lipinski definition) is 1. The lowest BCUT2D eigenvalue weighted by molar-refractivity contribution is -0.132. The van der Waals surface area contributed by atoms with Gasteiger partial charge in [0.15, 0.2) is 5.16 Å². The van der Waals surface area contributed by atoms with Crippen molar-refractivity contribution >= 4 is 34.5 Å². The maximum absolute atomic E-state index is 13.3.